The minimum Gasteiger partial charge on any atom is -0.493 e. The highest BCUT2D eigenvalue weighted by Crippen LogP contribution is 2.17. The number of nitrogens with zero attached hydrogens (tertiary/aromatic N) is 2. The van der Waals surface area contributed by atoms with E-state index in [9.17, 15) is 4.79 Å². The lowest BCUT2D eigenvalue weighted by atomic mass is 10.2. The van der Waals surface area contributed by atoms with Gasteiger partial charge in [-0.15, -0.1) is 10.2 Å². The minimum atomic E-state index is -0.343. The SMILES string of the molecule is Cc1ccc(OCCc2nnc(NC(=O)Nc3ccccc3)s2)cc1. The van der Waals surface area contributed by atoms with Crippen LogP contribution in [0.15, 0.2) is 54.6 Å². The molecule has 7 heteroatoms. The van der Waals surface area contributed by atoms with Gasteiger partial charge in [0.1, 0.15) is 10.8 Å². The van der Waals surface area contributed by atoms with Crippen LogP contribution in [0.2, 0.25) is 0 Å². The van der Waals surface area contributed by atoms with Gasteiger partial charge in [0.15, 0.2) is 0 Å². The summed E-state index contributed by atoms with van der Waals surface area (Å²) in [7, 11) is 0. The molecule has 1 aromatic heterocycles. The fourth-order valence-corrected chi connectivity index (χ4v) is 2.79. The summed E-state index contributed by atoms with van der Waals surface area (Å²) in [6, 6.07) is 16.8. The first kappa shape index (κ1) is 16.9. The lowest BCUT2D eigenvalue weighted by Crippen LogP contribution is -2.19. The molecule has 0 saturated heterocycles. The lowest BCUT2D eigenvalue weighted by Gasteiger charge is -2.04. The predicted molar refractivity (Wildman–Crippen MR) is 99.4 cm³/mol. The van der Waals surface area contributed by atoms with Gasteiger partial charge in [0.05, 0.1) is 6.61 Å². The minimum absolute atomic E-state index is 0.343. The Balaban J connectivity index is 1.45. The fourth-order valence-electron chi connectivity index (χ4n) is 2.08. The van der Waals surface area contributed by atoms with Crippen molar-refractivity contribution in [2.24, 2.45) is 0 Å². The standard InChI is InChI=1S/C18H18N4O2S/c1-13-7-9-15(10-8-13)24-12-11-16-21-22-18(25-16)20-17(23)19-14-5-3-2-4-6-14/h2-10H,11-12H2,1H3,(H2,19,20,22,23). The van der Waals surface area contributed by atoms with E-state index in [0.717, 1.165) is 16.4 Å². The first-order valence-corrected chi connectivity index (χ1v) is 8.65. The highest BCUT2D eigenvalue weighted by molar-refractivity contribution is 7.15. The second-order valence-electron chi connectivity index (χ2n) is 5.36. The molecule has 0 bridgehead atoms. The number of aromatic nitrogens is 2. The number of rotatable bonds is 6. The highest BCUT2D eigenvalue weighted by Gasteiger charge is 2.08. The molecule has 0 radical (unpaired) electrons. The van der Waals surface area contributed by atoms with Crippen molar-refractivity contribution in [1.29, 1.82) is 0 Å². The van der Waals surface area contributed by atoms with Crippen LogP contribution in [0.1, 0.15) is 10.6 Å². The summed E-state index contributed by atoms with van der Waals surface area (Å²) >= 11 is 1.34. The maximum Gasteiger partial charge on any atom is 0.325 e. The van der Waals surface area contributed by atoms with Gasteiger partial charge < -0.3 is 10.1 Å². The quantitative estimate of drug-likeness (QED) is 0.698. The van der Waals surface area contributed by atoms with E-state index in [1.54, 1.807) is 0 Å². The van der Waals surface area contributed by atoms with Crippen LogP contribution < -0.4 is 15.4 Å². The average Bonchev–Trinajstić information content (AvgIpc) is 3.04. The Hall–Kier alpha value is -2.93. The molecular weight excluding hydrogens is 336 g/mol. The molecule has 128 valence electrons. The molecule has 2 aromatic carbocycles. The summed E-state index contributed by atoms with van der Waals surface area (Å²) in [5.41, 5.74) is 1.91. The van der Waals surface area contributed by atoms with E-state index in [1.807, 2.05) is 61.5 Å². The number of ether oxygens (including phenoxy) is 1. The van der Waals surface area contributed by atoms with Gasteiger partial charge in [-0.1, -0.05) is 47.2 Å². The van der Waals surface area contributed by atoms with Crippen LogP contribution >= 0.6 is 11.3 Å². The number of aryl methyl sites for hydroxylation is 1. The number of carbonyl (C=O) groups is 1. The predicted octanol–water partition coefficient (Wildman–Crippen LogP) is 4.11. The molecule has 0 atom stereocenters. The summed E-state index contributed by atoms with van der Waals surface area (Å²) in [6.45, 7) is 2.54. The molecular formula is C18H18N4O2S. The number of hydrogen-bond donors (Lipinski definition) is 2. The van der Waals surface area contributed by atoms with Crippen LogP contribution in [0.3, 0.4) is 0 Å². The number of carbonyl (C=O) groups excluding carboxylic acids is 1. The van der Waals surface area contributed by atoms with Crippen LogP contribution in [0.5, 0.6) is 5.75 Å². The molecule has 0 aliphatic carbocycles. The van der Waals surface area contributed by atoms with Gasteiger partial charge in [-0.05, 0) is 31.2 Å². The van der Waals surface area contributed by atoms with E-state index in [0.29, 0.717) is 18.2 Å². The average molecular weight is 354 g/mol. The first-order valence-electron chi connectivity index (χ1n) is 7.84. The number of anilines is 2. The van der Waals surface area contributed by atoms with Crippen molar-refractivity contribution >= 4 is 28.2 Å². The second kappa shape index (κ2) is 8.25. The number of urea groups is 1. The molecule has 2 amide bonds. The van der Waals surface area contributed by atoms with Gasteiger partial charge in [-0.25, -0.2) is 4.79 Å². The van der Waals surface area contributed by atoms with E-state index in [2.05, 4.69) is 20.8 Å². The number of para-hydroxylation sites is 1. The summed E-state index contributed by atoms with van der Waals surface area (Å²) in [5.74, 6) is 0.829. The number of amides is 2. The van der Waals surface area contributed by atoms with Crippen molar-refractivity contribution in [3.63, 3.8) is 0 Å². The van der Waals surface area contributed by atoms with Crippen LogP contribution in [-0.4, -0.2) is 22.8 Å². The third-order valence-corrected chi connectivity index (χ3v) is 4.22. The highest BCUT2D eigenvalue weighted by atomic mass is 32.1. The van der Waals surface area contributed by atoms with E-state index in [1.165, 1.54) is 16.9 Å². The fraction of sp³-hybridized carbons (Fsp3) is 0.167. The Labute approximate surface area is 149 Å². The zero-order valence-electron chi connectivity index (χ0n) is 13.7. The molecule has 1 heterocycles. The third kappa shape index (κ3) is 5.29. The molecule has 3 rings (SSSR count). The molecule has 0 unspecified atom stereocenters. The summed E-state index contributed by atoms with van der Waals surface area (Å²) in [4.78, 5) is 11.9. The van der Waals surface area contributed by atoms with Gasteiger partial charge in [0.2, 0.25) is 5.13 Å². The van der Waals surface area contributed by atoms with Crippen molar-refractivity contribution in [3.05, 3.63) is 65.2 Å². The number of benzene rings is 2. The smallest absolute Gasteiger partial charge is 0.325 e. The molecule has 0 aliphatic heterocycles. The van der Waals surface area contributed by atoms with Crippen LogP contribution in [-0.2, 0) is 6.42 Å². The largest absolute Gasteiger partial charge is 0.493 e. The van der Waals surface area contributed by atoms with E-state index < -0.39 is 0 Å². The molecule has 0 spiro atoms. The summed E-state index contributed by atoms with van der Waals surface area (Å²) < 4.78 is 5.67. The molecule has 0 aliphatic rings. The van der Waals surface area contributed by atoms with Crippen molar-refractivity contribution in [1.82, 2.24) is 10.2 Å². The number of hydrogen-bond acceptors (Lipinski definition) is 5. The van der Waals surface area contributed by atoms with Crippen molar-refractivity contribution in [2.75, 3.05) is 17.2 Å². The van der Waals surface area contributed by atoms with Gasteiger partial charge in [-0.2, -0.15) is 0 Å². The molecule has 25 heavy (non-hydrogen) atoms. The summed E-state index contributed by atoms with van der Waals surface area (Å²) in [6.07, 6.45) is 0.632. The van der Waals surface area contributed by atoms with Gasteiger partial charge in [0, 0.05) is 12.1 Å². The molecule has 3 aromatic rings. The zero-order chi connectivity index (χ0) is 17.5. The molecule has 0 fully saturated rings. The van der Waals surface area contributed by atoms with E-state index in [4.69, 9.17) is 4.74 Å². The van der Waals surface area contributed by atoms with Crippen LogP contribution in [0, 0.1) is 6.92 Å². The normalized spacial score (nSPS) is 10.3. The molecule has 2 N–H and O–H groups in total. The Bertz CT molecular complexity index is 819. The van der Waals surface area contributed by atoms with Gasteiger partial charge in [0.25, 0.3) is 0 Å². The molecule has 6 nitrogen and oxygen atoms in total. The van der Waals surface area contributed by atoms with Crippen molar-refractivity contribution in [3.8, 4) is 5.75 Å². The monoisotopic (exact) mass is 354 g/mol. The second-order valence-corrected chi connectivity index (χ2v) is 6.42. The summed E-state index contributed by atoms with van der Waals surface area (Å²) in [5, 5.41) is 14.7. The van der Waals surface area contributed by atoms with E-state index >= 15 is 0 Å². The van der Waals surface area contributed by atoms with E-state index in [-0.39, 0.29) is 6.03 Å². The Morgan fingerprint density at radius 2 is 1.80 bits per heavy atom. The third-order valence-electron chi connectivity index (χ3n) is 3.32. The van der Waals surface area contributed by atoms with Gasteiger partial charge >= 0.3 is 6.03 Å². The topological polar surface area (TPSA) is 76.1 Å². The van der Waals surface area contributed by atoms with Crippen molar-refractivity contribution in [2.45, 2.75) is 13.3 Å². The van der Waals surface area contributed by atoms with Gasteiger partial charge in [-0.3, -0.25) is 5.32 Å². The van der Waals surface area contributed by atoms with Crippen LogP contribution in [0.4, 0.5) is 15.6 Å². The molecule has 0 saturated carbocycles. The maximum absolute atomic E-state index is 11.9. The zero-order valence-corrected chi connectivity index (χ0v) is 14.5. The first-order chi connectivity index (χ1) is 12.2. The number of nitrogens with one attached hydrogen (secondary N) is 2. The van der Waals surface area contributed by atoms with Crippen molar-refractivity contribution < 1.29 is 9.53 Å². The Kier molecular flexibility index (Phi) is 5.58. The Morgan fingerprint density at radius 1 is 1.04 bits per heavy atom. The maximum atomic E-state index is 11.9. The van der Waals surface area contributed by atoms with Crippen LogP contribution in [0.25, 0.3) is 0 Å². The Morgan fingerprint density at radius 3 is 2.56 bits per heavy atom. The lowest BCUT2D eigenvalue weighted by molar-refractivity contribution is 0.262.